The number of ketones is 2. The van der Waals surface area contributed by atoms with Crippen LogP contribution < -0.4 is 27.7 Å². The highest BCUT2D eigenvalue weighted by Gasteiger charge is 2.25. The highest BCUT2D eigenvalue weighted by atomic mass is 16.6. The Morgan fingerprint density at radius 3 is 1.81 bits per heavy atom. The molecule has 75 heavy (non-hydrogen) atoms. The third-order valence-electron chi connectivity index (χ3n) is 12.0. The molecule has 3 unspecified atom stereocenters. The number of rotatable bonds is 9. The van der Waals surface area contributed by atoms with Crippen LogP contribution in [0.1, 0.15) is 91.4 Å². The van der Waals surface area contributed by atoms with Crippen LogP contribution in [0.2, 0.25) is 0 Å². The smallest absolute Gasteiger partial charge is 0.407 e. The number of hydrogen-bond donors (Lipinski definition) is 4. The number of nitro groups is 3. The number of nitrogen functional groups attached to an aromatic ring is 1. The first-order valence-electron chi connectivity index (χ1n) is 24.2. The number of carbonyl (C=O) groups excluding carboxylic acids is 4. The molecule has 9 rings (SSSR count). The lowest BCUT2D eigenvalue weighted by Crippen LogP contribution is -2.39. The van der Waals surface area contributed by atoms with Crippen LogP contribution in [0.3, 0.4) is 0 Å². The number of carbonyl (C=O) groups is 4. The molecule has 396 valence electrons. The summed E-state index contributed by atoms with van der Waals surface area (Å²) in [4.78, 5) is 93.8. The first kappa shape index (κ1) is 57.2. The van der Waals surface area contributed by atoms with Crippen molar-refractivity contribution in [1.82, 2.24) is 25.2 Å². The molecule has 5 aromatic rings. The number of hydrogen-bond acceptors (Lipinski definition) is 17. The van der Waals surface area contributed by atoms with Crippen molar-refractivity contribution in [2.24, 2.45) is 12.8 Å². The molecule has 3 heterocycles. The van der Waals surface area contributed by atoms with Crippen molar-refractivity contribution in [2.45, 2.75) is 115 Å². The summed E-state index contributed by atoms with van der Waals surface area (Å²) in [5, 5.41) is 37.0. The second kappa shape index (κ2) is 29.1. The van der Waals surface area contributed by atoms with Gasteiger partial charge in [-0.2, -0.15) is 0 Å². The normalized spacial score (nSPS) is 17.0. The van der Waals surface area contributed by atoms with Gasteiger partial charge in [0.25, 0.3) is 11.4 Å². The van der Waals surface area contributed by atoms with Gasteiger partial charge in [0.15, 0.2) is 5.78 Å². The molecule has 4 aliphatic carbocycles. The monoisotopic (exact) mass is 1030 g/mol. The summed E-state index contributed by atoms with van der Waals surface area (Å²) in [6, 6.07) is 23.3. The van der Waals surface area contributed by atoms with E-state index in [1.165, 1.54) is 18.8 Å². The average Bonchev–Trinajstić information content (AvgIpc) is 3.39. The molecule has 2 amide bonds. The first-order valence-corrected chi connectivity index (χ1v) is 24.2. The lowest BCUT2D eigenvalue weighted by Gasteiger charge is -2.24. The van der Waals surface area contributed by atoms with Crippen LogP contribution in [0, 0.1) is 30.3 Å². The maximum absolute atomic E-state index is 11.9. The second-order valence-electron chi connectivity index (χ2n) is 17.9. The highest BCUT2D eigenvalue weighted by Crippen LogP contribution is 2.24. The maximum atomic E-state index is 11.9. The largest absolute Gasteiger partial charge is 0.445 e. The fourth-order valence-corrected chi connectivity index (χ4v) is 8.07. The second-order valence-corrected chi connectivity index (χ2v) is 17.9. The van der Waals surface area contributed by atoms with E-state index < -0.39 is 43.9 Å². The molecule has 23 nitrogen and oxygen atoms in total. The Balaban J connectivity index is 0.000000182. The number of benzene rings is 2. The lowest BCUT2D eigenvalue weighted by atomic mass is 9.92. The van der Waals surface area contributed by atoms with Gasteiger partial charge >= 0.3 is 23.4 Å². The number of nitrogens with two attached hydrogens (primary N) is 2. The number of amides is 2. The summed E-state index contributed by atoms with van der Waals surface area (Å²) < 4.78 is 11.1. The van der Waals surface area contributed by atoms with E-state index in [1.807, 2.05) is 72.8 Å². The van der Waals surface area contributed by atoms with Gasteiger partial charge in [-0.1, -0.05) is 66.7 Å². The summed E-state index contributed by atoms with van der Waals surface area (Å²) in [7, 11) is 1.21. The summed E-state index contributed by atoms with van der Waals surface area (Å²) >= 11 is 0. The molecule has 3 aromatic heterocycles. The fourth-order valence-electron chi connectivity index (χ4n) is 8.07. The van der Waals surface area contributed by atoms with E-state index in [2.05, 4.69) is 20.6 Å². The highest BCUT2D eigenvalue weighted by molar-refractivity contribution is 5.90. The van der Waals surface area contributed by atoms with Gasteiger partial charge in [-0.25, -0.2) is 9.59 Å². The van der Waals surface area contributed by atoms with E-state index >= 15 is 0 Å². The zero-order valence-electron chi connectivity index (χ0n) is 41.4. The lowest BCUT2D eigenvalue weighted by molar-refractivity contribution is -0.395. The van der Waals surface area contributed by atoms with Gasteiger partial charge < -0.3 is 36.1 Å². The zero-order valence-corrected chi connectivity index (χ0v) is 41.4. The Bertz CT molecular complexity index is 2880. The van der Waals surface area contributed by atoms with E-state index in [1.54, 1.807) is 18.3 Å². The molecule has 6 N–H and O–H groups in total. The number of alkyl carbamates (subject to hydrolysis) is 2. The molecular weight excluding hydrogens is 973 g/mol. The number of nitrogens with zero attached hydrogens (tertiary/aromatic N) is 6. The number of pyridine rings is 3. The van der Waals surface area contributed by atoms with Crippen LogP contribution in [0.25, 0.3) is 0 Å². The van der Waals surface area contributed by atoms with Crippen molar-refractivity contribution in [3.8, 4) is 0 Å². The number of allylic oxidation sites excluding steroid dienone is 2. The molecule has 2 aromatic carbocycles. The van der Waals surface area contributed by atoms with Crippen LogP contribution in [-0.4, -0.2) is 71.2 Å². The van der Waals surface area contributed by atoms with Gasteiger partial charge in [0.2, 0.25) is 0 Å². The summed E-state index contributed by atoms with van der Waals surface area (Å²) in [6.07, 6.45) is 17.1. The van der Waals surface area contributed by atoms with Gasteiger partial charge in [-0.3, -0.25) is 54.7 Å². The van der Waals surface area contributed by atoms with Gasteiger partial charge in [-0.15, -0.1) is 0 Å². The van der Waals surface area contributed by atoms with Crippen LogP contribution in [0.15, 0.2) is 114 Å². The van der Waals surface area contributed by atoms with Crippen molar-refractivity contribution in [3.05, 3.63) is 184 Å². The van der Waals surface area contributed by atoms with E-state index in [-0.39, 0.29) is 48.6 Å². The van der Waals surface area contributed by atoms with Crippen LogP contribution in [0.4, 0.5) is 32.3 Å². The SMILES string of the molecule is Cn1cc([N+](=O)[O-])cc([N+](=O)[O-])c1=O.Nc1cnc2c(c1)CCC(N)C2.O=C(NC1CCc2cc([N+](=O)[O-])cnc2C1)OCc1ccccc1.O=C1C=CCCC1.O=C1CCCC(NC(=O)OCc2ccccc2)C1. The molecular formula is C52H60N10O13. The van der Waals surface area contributed by atoms with Crippen LogP contribution >= 0.6 is 0 Å². The molecule has 1 fully saturated rings. The van der Waals surface area contributed by atoms with Gasteiger partial charge in [0.1, 0.15) is 31.3 Å². The van der Waals surface area contributed by atoms with Crippen molar-refractivity contribution < 1.29 is 43.4 Å². The van der Waals surface area contributed by atoms with Crippen LogP contribution in [0.5, 0.6) is 0 Å². The molecule has 0 aliphatic heterocycles. The predicted octanol–water partition coefficient (Wildman–Crippen LogP) is 7.18. The average molecular weight is 1030 g/mol. The Kier molecular flexibility index (Phi) is 22.2. The Morgan fingerprint density at radius 2 is 1.27 bits per heavy atom. The molecule has 3 atom stereocenters. The van der Waals surface area contributed by atoms with Crippen LogP contribution in [-0.2, 0) is 65.0 Å². The molecule has 1 saturated carbocycles. The van der Waals surface area contributed by atoms with Crippen molar-refractivity contribution >= 4 is 46.5 Å². The summed E-state index contributed by atoms with van der Waals surface area (Å²) in [6.45, 7) is 0.480. The van der Waals surface area contributed by atoms with Gasteiger partial charge in [0, 0.05) is 74.7 Å². The van der Waals surface area contributed by atoms with Crippen molar-refractivity contribution in [3.63, 3.8) is 0 Å². The number of aryl methyl sites for hydroxylation is 3. The van der Waals surface area contributed by atoms with E-state index in [0.29, 0.717) is 38.2 Å². The number of aromatic nitrogens is 3. The number of anilines is 1. The molecule has 0 spiro atoms. The molecule has 0 bridgehead atoms. The quantitative estimate of drug-likeness (QED) is 0.0839. The van der Waals surface area contributed by atoms with Gasteiger partial charge in [-0.05, 0) is 85.8 Å². The van der Waals surface area contributed by atoms with Crippen molar-refractivity contribution in [2.75, 3.05) is 5.73 Å². The van der Waals surface area contributed by atoms with Crippen molar-refractivity contribution in [1.29, 1.82) is 0 Å². The number of Topliss-reactive ketones (excluding diaryl/α,β-unsaturated/α-hetero) is 1. The third kappa shape index (κ3) is 19.7. The molecule has 0 radical (unpaired) electrons. The van der Waals surface area contributed by atoms with E-state index in [4.69, 9.17) is 20.9 Å². The fraction of sp³-hybridized carbons (Fsp3) is 0.365. The maximum Gasteiger partial charge on any atom is 0.407 e. The minimum absolute atomic E-state index is 0.00225. The standard InChI is InChI=1S/C17H17N3O4.C14H17NO3.C9H13N3.C6H5N3O5.C6H8O/c21-17(24-11-12-4-2-1-3-5-12)19-14-7-6-13-8-15(20(22)23)10-18-16(13)9-14;16-13-8-4-7-12(9-13)15-14(17)18-10-11-5-2-1-3-6-11;10-7-2-1-6-3-8(11)5-12-9(6)4-7;1-7-3-4(8(11)12)2-5(6(7)10)9(13)14;7-6-4-2-1-3-5-6/h1-5,8,10,14H,6-7,9,11H2,(H,19,21);1-3,5-6,12H,4,7-10H2,(H,15,17);3,5,7H,1-2,4,10-11H2;2-3H,1H3;2,4H,1,3,5H2. The zero-order chi connectivity index (χ0) is 54.3. The Hall–Kier alpha value is -8.73. The Morgan fingerprint density at radius 1 is 0.693 bits per heavy atom. The molecule has 0 saturated heterocycles. The van der Waals surface area contributed by atoms with E-state index in [9.17, 15) is 54.3 Å². The summed E-state index contributed by atoms with van der Waals surface area (Å²) in [5.41, 5.74) is 16.0. The van der Waals surface area contributed by atoms with Gasteiger partial charge in [0.05, 0.1) is 32.9 Å². The number of ether oxygens (including phenoxy) is 2. The molecule has 23 heteroatoms. The topological polar surface area (TPSA) is 340 Å². The number of nitrogens with one attached hydrogen (secondary N) is 2. The number of fused-ring (bicyclic) bond motifs is 2. The minimum atomic E-state index is -0.949. The van der Waals surface area contributed by atoms with E-state index in [0.717, 1.165) is 95.9 Å². The first-order chi connectivity index (χ1) is 35.9. The Labute approximate surface area is 431 Å². The summed E-state index contributed by atoms with van der Waals surface area (Å²) in [5.74, 6) is 0.501. The predicted molar refractivity (Wildman–Crippen MR) is 275 cm³/mol. The molecule has 4 aliphatic rings. The minimum Gasteiger partial charge on any atom is -0.445 e. The third-order valence-corrected chi connectivity index (χ3v) is 12.0.